The van der Waals surface area contributed by atoms with E-state index >= 15 is 0 Å². The Morgan fingerprint density at radius 2 is 2.04 bits per heavy atom. The average Bonchev–Trinajstić information content (AvgIpc) is 3.19. The number of hydrogen-bond donors (Lipinski definition) is 0. The molecule has 1 aliphatic carbocycles. The van der Waals surface area contributed by atoms with E-state index in [-0.39, 0.29) is 10.9 Å². The maximum atomic E-state index is 12.4. The van der Waals surface area contributed by atoms with Crippen LogP contribution in [0.25, 0.3) is 0 Å². The van der Waals surface area contributed by atoms with Crippen molar-refractivity contribution in [2.75, 3.05) is 25.0 Å². The fourth-order valence-electron chi connectivity index (χ4n) is 2.66. The van der Waals surface area contributed by atoms with E-state index in [0.29, 0.717) is 19.0 Å². The van der Waals surface area contributed by atoms with Gasteiger partial charge in [-0.25, -0.2) is 8.42 Å². The highest BCUT2D eigenvalue weighted by Gasteiger charge is 2.38. The number of anilines is 1. The van der Waals surface area contributed by atoms with Gasteiger partial charge in [0.1, 0.15) is 11.2 Å². The van der Waals surface area contributed by atoms with Crippen molar-refractivity contribution in [2.45, 2.75) is 29.7 Å². The lowest BCUT2D eigenvalue weighted by Crippen LogP contribution is -2.60. The number of nitrogens with zero attached hydrogens (tertiary/aromatic N) is 5. The van der Waals surface area contributed by atoms with Gasteiger partial charge in [0, 0.05) is 26.1 Å². The van der Waals surface area contributed by atoms with E-state index in [9.17, 15) is 8.42 Å². The van der Waals surface area contributed by atoms with Crippen molar-refractivity contribution in [3.05, 3.63) is 30.3 Å². The van der Waals surface area contributed by atoms with Crippen LogP contribution in [0.5, 0.6) is 0 Å². The molecule has 2 fully saturated rings. The summed E-state index contributed by atoms with van der Waals surface area (Å²) in [6, 6.07) is 3.89. The lowest BCUT2D eigenvalue weighted by Gasteiger charge is -2.43. The van der Waals surface area contributed by atoms with Crippen molar-refractivity contribution in [3.63, 3.8) is 0 Å². The van der Waals surface area contributed by atoms with E-state index in [1.165, 1.54) is 23.3 Å². The van der Waals surface area contributed by atoms with E-state index < -0.39 is 10.0 Å². The predicted molar refractivity (Wildman–Crippen MR) is 81.5 cm³/mol. The topological polar surface area (TPSA) is 92.4 Å². The molecule has 9 heteroatoms. The number of aromatic nitrogens is 3. The fourth-order valence-corrected chi connectivity index (χ4v) is 3.86. The highest BCUT2D eigenvalue weighted by Crippen LogP contribution is 2.39. The Morgan fingerprint density at radius 1 is 1.26 bits per heavy atom. The van der Waals surface area contributed by atoms with Crippen LogP contribution >= 0.6 is 0 Å². The van der Waals surface area contributed by atoms with E-state index in [1.807, 2.05) is 17.0 Å². The molecule has 122 valence electrons. The minimum Gasteiger partial charge on any atom is -0.363 e. The van der Waals surface area contributed by atoms with Gasteiger partial charge in [0.05, 0.1) is 17.9 Å². The molecule has 2 aromatic rings. The Morgan fingerprint density at radius 3 is 2.61 bits per heavy atom. The second-order valence-corrected chi connectivity index (χ2v) is 8.03. The van der Waals surface area contributed by atoms with Crippen LogP contribution in [0.3, 0.4) is 0 Å². The van der Waals surface area contributed by atoms with E-state index in [0.717, 1.165) is 17.8 Å². The molecule has 0 bridgehead atoms. The Hall–Kier alpha value is -2.00. The summed E-state index contributed by atoms with van der Waals surface area (Å²) in [5.41, 5.74) is 1.05. The molecule has 2 aliphatic rings. The smallest absolute Gasteiger partial charge is 0.248 e. The van der Waals surface area contributed by atoms with E-state index in [1.54, 1.807) is 7.05 Å². The molecule has 1 saturated carbocycles. The predicted octanol–water partition coefficient (Wildman–Crippen LogP) is 0.851. The molecule has 0 amide bonds. The summed E-state index contributed by atoms with van der Waals surface area (Å²) in [7, 11) is -1.98. The molecule has 1 aliphatic heterocycles. The fraction of sp³-hybridized carbons (Fsp3) is 0.500. The molecule has 4 rings (SSSR count). The molecular weight excluding hydrogens is 318 g/mol. The first-order valence-corrected chi connectivity index (χ1v) is 8.95. The summed E-state index contributed by atoms with van der Waals surface area (Å²) >= 11 is 0. The van der Waals surface area contributed by atoms with Crippen LogP contribution in [-0.4, -0.2) is 54.3 Å². The molecule has 2 aromatic heterocycles. The lowest BCUT2D eigenvalue weighted by molar-refractivity contribution is 0.308. The van der Waals surface area contributed by atoms with Crippen molar-refractivity contribution in [2.24, 2.45) is 0 Å². The summed E-state index contributed by atoms with van der Waals surface area (Å²) in [5.74, 6) is 1.38. The van der Waals surface area contributed by atoms with Crippen molar-refractivity contribution < 1.29 is 12.9 Å². The highest BCUT2D eigenvalue weighted by atomic mass is 32.2. The first-order valence-electron chi connectivity index (χ1n) is 7.51. The maximum Gasteiger partial charge on any atom is 0.248 e. The van der Waals surface area contributed by atoms with E-state index in [4.69, 9.17) is 0 Å². The molecule has 0 unspecified atom stereocenters. The van der Waals surface area contributed by atoms with Gasteiger partial charge in [-0.15, -0.1) is 5.10 Å². The van der Waals surface area contributed by atoms with Gasteiger partial charge in [0.2, 0.25) is 10.0 Å². The number of hydrogen-bond acceptors (Lipinski definition) is 7. The lowest BCUT2D eigenvalue weighted by atomic mass is 10.1. The highest BCUT2D eigenvalue weighted by molar-refractivity contribution is 7.89. The number of sulfonamides is 1. The molecule has 3 heterocycles. The van der Waals surface area contributed by atoms with Gasteiger partial charge in [-0.1, -0.05) is 5.16 Å². The van der Waals surface area contributed by atoms with E-state index in [2.05, 4.69) is 19.9 Å². The number of rotatable bonds is 5. The van der Waals surface area contributed by atoms with Crippen LogP contribution in [-0.2, 0) is 10.0 Å². The van der Waals surface area contributed by atoms with Crippen LogP contribution in [0.15, 0.2) is 34.0 Å². The van der Waals surface area contributed by atoms with Gasteiger partial charge in [-0.3, -0.25) is 0 Å². The normalized spacial score (nSPS) is 19.1. The third kappa shape index (κ3) is 2.59. The molecule has 1 saturated heterocycles. The second kappa shape index (κ2) is 5.27. The minimum atomic E-state index is -3.56. The van der Waals surface area contributed by atoms with Gasteiger partial charge in [-0.05, 0) is 25.0 Å². The van der Waals surface area contributed by atoms with Crippen LogP contribution < -0.4 is 4.90 Å². The summed E-state index contributed by atoms with van der Waals surface area (Å²) in [6.45, 7) is 1.19. The second-order valence-electron chi connectivity index (χ2n) is 6.03. The molecule has 0 atom stereocenters. The monoisotopic (exact) mass is 335 g/mol. The van der Waals surface area contributed by atoms with Crippen LogP contribution in [0.2, 0.25) is 0 Å². The van der Waals surface area contributed by atoms with Crippen LogP contribution in [0.4, 0.5) is 5.82 Å². The number of likely N-dealkylation sites (N-methyl/N-ethyl adjacent to an activating group) is 1. The van der Waals surface area contributed by atoms with Crippen LogP contribution in [0, 0.1) is 0 Å². The molecule has 0 N–H and O–H groups in total. The Balaban J connectivity index is 1.40. The zero-order valence-electron chi connectivity index (χ0n) is 12.7. The SMILES string of the molecule is CN(C1CN(c2ccc(C3CC3)nn2)C1)S(=O)(=O)c1cnoc1. The maximum absolute atomic E-state index is 12.4. The van der Waals surface area contributed by atoms with Crippen molar-refractivity contribution in [1.82, 2.24) is 19.7 Å². The third-order valence-corrected chi connectivity index (χ3v) is 6.31. The Labute approximate surface area is 134 Å². The Bertz CT molecular complexity index is 780. The zero-order chi connectivity index (χ0) is 16.0. The molecular formula is C14H17N5O3S. The molecule has 23 heavy (non-hydrogen) atoms. The average molecular weight is 335 g/mol. The quantitative estimate of drug-likeness (QED) is 0.800. The van der Waals surface area contributed by atoms with Gasteiger partial charge in [0.15, 0.2) is 5.82 Å². The van der Waals surface area contributed by atoms with Crippen molar-refractivity contribution in [1.29, 1.82) is 0 Å². The standard InChI is InChI=1S/C14H17N5O3S/c1-18(23(20,21)12-6-15-22-9-12)11-7-19(8-11)14-5-4-13(16-17-14)10-2-3-10/h4-6,9-11H,2-3,7-8H2,1H3. The van der Waals surface area contributed by atoms with Gasteiger partial charge in [0.25, 0.3) is 0 Å². The summed E-state index contributed by atoms with van der Waals surface area (Å²) in [4.78, 5) is 2.10. The van der Waals surface area contributed by atoms with Crippen molar-refractivity contribution in [3.8, 4) is 0 Å². The molecule has 0 aromatic carbocycles. The first kappa shape index (κ1) is 14.6. The molecule has 0 spiro atoms. The largest absolute Gasteiger partial charge is 0.363 e. The van der Waals surface area contributed by atoms with Crippen molar-refractivity contribution >= 4 is 15.8 Å². The molecule has 8 nitrogen and oxygen atoms in total. The Kier molecular flexibility index (Phi) is 3.34. The van der Waals surface area contributed by atoms with Gasteiger partial charge >= 0.3 is 0 Å². The molecule has 0 radical (unpaired) electrons. The van der Waals surface area contributed by atoms with Gasteiger partial charge < -0.3 is 9.42 Å². The van der Waals surface area contributed by atoms with Crippen LogP contribution in [0.1, 0.15) is 24.5 Å². The summed E-state index contributed by atoms with van der Waals surface area (Å²) in [5, 5.41) is 12.0. The van der Waals surface area contributed by atoms with Gasteiger partial charge in [-0.2, -0.15) is 9.40 Å². The summed E-state index contributed by atoms with van der Waals surface area (Å²) < 4.78 is 30.7. The summed E-state index contributed by atoms with van der Waals surface area (Å²) in [6.07, 6.45) is 4.76. The zero-order valence-corrected chi connectivity index (χ0v) is 13.5. The third-order valence-electron chi connectivity index (χ3n) is 4.45. The first-order chi connectivity index (χ1) is 11.1. The minimum absolute atomic E-state index is 0.0760.